The second-order valence-corrected chi connectivity index (χ2v) is 6.84. The van der Waals surface area contributed by atoms with Crippen LogP contribution in [0.4, 0.5) is 15.2 Å². The molecule has 0 atom stereocenters. The topological polar surface area (TPSA) is 88.6 Å². The fourth-order valence-electron chi connectivity index (χ4n) is 2.29. The van der Waals surface area contributed by atoms with Crippen LogP contribution < -0.4 is 10.2 Å². The first kappa shape index (κ1) is 22.2. The normalized spacial score (nSPS) is 10.7. The average Bonchev–Trinajstić information content (AvgIpc) is 3.15. The number of hydrogen-bond donors (Lipinski definition) is 1. The number of nitrogens with zero attached hydrogens (tertiary/aromatic N) is 2. The third-order valence-corrected chi connectivity index (χ3v) is 4.54. The number of aromatic nitrogens is 1. The number of amides is 2. The first-order chi connectivity index (χ1) is 13.9. The molecule has 2 amide bonds. The van der Waals surface area contributed by atoms with Crippen LogP contribution in [0.25, 0.3) is 6.08 Å². The number of esters is 1. The second kappa shape index (κ2) is 11.1. The number of hydrogen-bond acceptors (Lipinski definition) is 6. The van der Waals surface area contributed by atoms with Crippen molar-refractivity contribution in [3.05, 3.63) is 47.2 Å². The van der Waals surface area contributed by atoms with Crippen LogP contribution in [0.1, 0.15) is 32.4 Å². The second-order valence-electron chi connectivity index (χ2n) is 6.01. The van der Waals surface area contributed by atoms with Crippen LogP contribution in [0.3, 0.4) is 0 Å². The summed E-state index contributed by atoms with van der Waals surface area (Å²) in [4.78, 5) is 40.7. The van der Waals surface area contributed by atoms with E-state index in [-0.39, 0.29) is 23.3 Å². The van der Waals surface area contributed by atoms with E-state index in [2.05, 4.69) is 10.3 Å². The maximum absolute atomic E-state index is 14.1. The van der Waals surface area contributed by atoms with Crippen molar-refractivity contribution in [3.8, 4) is 0 Å². The van der Waals surface area contributed by atoms with Gasteiger partial charge in [-0.2, -0.15) is 0 Å². The molecule has 9 heteroatoms. The summed E-state index contributed by atoms with van der Waals surface area (Å²) in [7, 11) is 0. The van der Waals surface area contributed by atoms with Crippen molar-refractivity contribution in [2.75, 3.05) is 18.1 Å². The number of halogens is 1. The summed E-state index contributed by atoms with van der Waals surface area (Å²) >= 11 is 1.13. The van der Waals surface area contributed by atoms with Crippen LogP contribution in [0.15, 0.2) is 35.7 Å². The molecule has 0 aliphatic heterocycles. The first-order valence-electron chi connectivity index (χ1n) is 9.04. The number of anilines is 2. The minimum absolute atomic E-state index is 0.0957. The maximum Gasteiger partial charge on any atom is 0.331 e. The first-order valence-corrected chi connectivity index (χ1v) is 9.92. The largest absolute Gasteiger partial charge is 0.452 e. The molecule has 0 spiro atoms. The lowest BCUT2D eigenvalue weighted by atomic mass is 10.3. The lowest BCUT2D eigenvalue weighted by Gasteiger charge is -2.18. The molecule has 29 heavy (non-hydrogen) atoms. The van der Waals surface area contributed by atoms with Crippen molar-refractivity contribution in [2.24, 2.45) is 0 Å². The highest BCUT2D eigenvalue weighted by Gasteiger charge is 2.20. The number of carbonyl (C=O) groups is 3. The molecule has 0 fully saturated rings. The number of rotatable bonds is 9. The molecule has 7 nitrogen and oxygen atoms in total. The fraction of sp³-hybridized carbons (Fsp3) is 0.300. The number of para-hydroxylation sites is 1. The number of nitrogens with one attached hydrogen (secondary N) is 1. The minimum atomic E-state index is -0.692. The van der Waals surface area contributed by atoms with Gasteiger partial charge in [-0.1, -0.05) is 25.5 Å². The monoisotopic (exact) mass is 419 g/mol. The van der Waals surface area contributed by atoms with Crippen LogP contribution >= 0.6 is 11.3 Å². The van der Waals surface area contributed by atoms with Crippen molar-refractivity contribution >= 4 is 46.0 Å². The molecule has 1 aromatic heterocycles. The summed E-state index contributed by atoms with van der Waals surface area (Å²) in [6.45, 7) is 3.50. The van der Waals surface area contributed by atoms with E-state index in [1.165, 1.54) is 31.2 Å². The summed E-state index contributed by atoms with van der Waals surface area (Å²) < 4.78 is 18.9. The molecule has 0 radical (unpaired) electrons. The molecule has 1 aromatic carbocycles. The number of unbranched alkanes of at least 4 members (excludes halogenated alkanes) is 1. The van der Waals surface area contributed by atoms with Crippen LogP contribution in [0.5, 0.6) is 0 Å². The number of thiazole rings is 1. The molecule has 154 valence electrons. The highest BCUT2D eigenvalue weighted by molar-refractivity contribution is 7.14. The van der Waals surface area contributed by atoms with Crippen molar-refractivity contribution in [1.29, 1.82) is 0 Å². The van der Waals surface area contributed by atoms with Gasteiger partial charge in [0.15, 0.2) is 11.7 Å². The predicted molar refractivity (Wildman–Crippen MR) is 109 cm³/mol. The molecule has 0 saturated heterocycles. The van der Waals surface area contributed by atoms with Gasteiger partial charge < -0.3 is 10.1 Å². The van der Waals surface area contributed by atoms with Crippen molar-refractivity contribution in [2.45, 2.75) is 26.7 Å². The minimum Gasteiger partial charge on any atom is -0.452 e. The Labute approximate surface area is 172 Å². The van der Waals surface area contributed by atoms with Gasteiger partial charge in [-0.25, -0.2) is 14.2 Å². The number of ether oxygens (including phenoxy) is 1. The molecule has 0 bridgehead atoms. The molecule has 1 N–H and O–H groups in total. The van der Waals surface area contributed by atoms with E-state index in [4.69, 9.17) is 4.74 Å². The van der Waals surface area contributed by atoms with E-state index in [9.17, 15) is 18.8 Å². The molecule has 0 saturated carbocycles. The summed E-state index contributed by atoms with van der Waals surface area (Å²) in [5.41, 5.74) is 0.496. The Morgan fingerprint density at radius 1 is 1.31 bits per heavy atom. The summed E-state index contributed by atoms with van der Waals surface area (Å²) in [5, 5.41) is 4.53. The van der Waals surface area contributed by atoms with Crippen LogP contribution in [-0.2, 0) is 19.1 Å². The van der Waals surface area contributed by atoms with Crippen molar-refractivity contribution < 1.29 is 23.5 Å². The molecular weight excluding hydrogens is 397 g/mol. The Bertz CT molecular complexity index is 897. The molecule has 0 unspecified atom stereocenters. The zero-order chi connectivity index (χ0) is 21.2. The van der Waals surface area contributed by atoms with Gasteiger partial charge in [0.25, 0.3) is 5.91 Å². The van der Waals surface area contributed by atoms with Gasteiger partial charge in [0.1, 0.15) is 5.82 Å². The van der Waals surface area contributed by atoms with Gasteiger partial charge in [0.2, 0.25) is 5.91 Å². The van der Waals surface area contributed by atoms with Crippen LogP contribution in [-0.4, -0.2) is 35.9 Å². The Morgan fingerprint density at radius 2 is 2.07 bits per heavy atom. The van der Waals surface area contributed by atoms with E-state index < -0.39 is 17.7 Å². The Morgan fingerprint density at radius 3 is 2.76 bits per heavy atom. The Kier molecular flexibility index (Phi) is 8.47. The van der Waals surface area contributed by atoms with Gasteiger partial charge >= 0.3 is 5.97 Å². The number of benzene rings is 1. The fourth-order valence-corrected chi connectivity index (χ4v) is 3.14. The molecular formula is C20H22FN3O4S. The van der Waals surface area contributed by atoms with Crippen molar-refractivity contribution in [1.82, 2.24) is 10.3 Å². The van der Waals surface area contributed by atoms with Gasteiger partial charge in [-0.3, -0.25) is 14.5 Å². The summed E-state index contributed by atoms with van der Waals surface area (Å²) in [5.74, 6) is -2.00. The average molecular weight is 419 g/mol. The molecule has 0 aliphatic rings. The van der Waals surface area contributed by atoms with Crippen molar-refractivity contribution in [3.63, 3.8) is 0 Å². The Hall–Kier alpha value is -3.07. The lowest BCUT2D eigenvalue weighted by Crippen LogP contribution is -2.29. The van der Waals surface area contributed by atoms with E-state index in [0.29, 0.717) is 12.2 Å². The van der Waals surface area contributed by atoms with E-state index in [0.717, 1.165) is 35.2 Å². The Balaban J connectivity index is 1.98. The smallest absolute Gasteiger partial charge is 0.331 e. The highest BCUT2D eigenvalue weighted by atomic mass is 32.1. The quantitative estimate of drug-likeness (QED) is 0.382. The summed E-state index contributed by atoms with van der Waals surface area (Å²) in [6, 6.07) is 5.89. The molecule has 2 aromatic rings. The third kappa shape index (κ3) is 6.79. The number of carbonyl (C=O) groups excluding carboxylic acids is 3. The maximum atomic E-state index is 14.1. The summed E-state index contributed by atoms with van der Waals surface area (Å²) in [6.07, 6.45) is 4.35. The van der Waals surface area contributed by atoms with Gasteiger partial charge in [-0.05, 0) is 24.6 Å². The van der Waals surface area contributed by atoms with E-state index >= 15 is 0 Å². The van der Waals surface area contributed by atoms with Crippen LogP contribution in [0.2, 0.25) is 0 Å². The third-order valence-electron chi connectivity index (χ3n) is 3.70. The van der Waals surface area contributed by atoms with Gasteiger partial charge in [0.05, 0.1) is 11.4 Å². The lowest BCUT2D eigenvalue weighted by molar-refractivity contribution is -0.143. The zero-order valence-corrected chi connectivity index (χ0v) is 17.0. The molecule has 0 aliphatic carbocycles. The SMILES string of the molecule is CCCCNC(=O)COC(=O)/C=C/c1csc(N(C(C)=O)c2ccccc2F)n1. The van der Waals surface area contributed by atoms with E-state index in [1.807, 2.05) is 6.92 Å². The standard InChI is InChI=1S/C20H22FN3O4S/c1-3-4-11-22-18(26)12-28-19(27)10-9-15-13-29-20(23-15)24(14(2)25)17-8-6-5-7-16(17)21/h5-10,13H,3-4,11-12H2,1-2H3,(H,22,26)/b10-9+. The van der Waals surface area contributed by atoms with E-state index in [1.54, 1.807) is 11.4 Å². The van der Waals surface area contributed by atoms with Gasteiger partial charge in [0, 0.05) is 24.9 Å². The van der Waals surface area contributed by atoms with Crippen LogP contribution in [0, 0.1) is 5.82 Å². The highest BCUT2D eigenvalue weighted by Crippen LogP contribution is 2.30. The molecule has 2 rings (SSSR count). The van der Waals surface area contributed by atoms with Gasteiger partial charge in [-0.15, -0.1) is 11.3 Å². The molecule has 1 heterocycles. The zero-order valence-electron chi connectivity index (χ0n) is 16.2. The predicted octanol–water partition coefficient (Wildman–Crippen LogP) is 3.44.